The first kappa shape index (κ1) is 10.5. The maximum atomic E-state index is 5.62. The summed E-state index contributed by atoms with van der Waals surface area (Å²) in [7, 11) is 0. The van der Waals surface area contributed by atoms with Gasteiger partial charge < -0.3 is 0 Å². The Bertz CT molecular complexity index is 416. The molecule has 2 aromatic rings. The van der Waals surface area contributed by atoms with Crippen molar-refractivity contribution in [3.63, 3.8) is 0 Å². The third-order valence-electron chi connectivity index (χ3n) is 1.88. The highest BCUT2D eigenvalue weighted by molar-refractivity contribution is 7.14. The number of aromatic nitrogens is 3. The van der Waals surface area contributed by atoms with E-state index in [1.807, 2.05) is 18.2 Å². The highest BCUT2D eigenvalue weighted by Gasteiger charge is 2.06. The standard InChI is InChI=1S/C10H10ClN3S/c11-6-3-5-9-13-14-10(15-9)8-4-1-2-7-12-8/h1-2,4,7H,3,5-6H2. The summed E-state index contributed by atoms with van der Waals surface area (Å²) in [5.74, 6) is 0.665. The molecule has 0 aliphatic rings. The summed E-state index contributed by atoms with van der Waals surface area (Å²) >= 11 is 7.20. The molecule has 0 atom stereocenters. The van der Waals surface area contributed by atoms with Crippen molar-refractivity contribution < 1.29 is 0 Å². The minimum Gasteiger partial charge on any atom is -0.254 e. The van der Waals surface area contributed by atoms with Gasteiger partial charge in [-0.1, -0.05) is 17.4 Å². The molecule has 78 valence electrons. The van der Waals surface area contributed by atoms with Crippen molar-refractivity contribution in [1.29, 1.82) is 0 Å². The van der Waals surface area contributed by atoms with Gasteiger partial charge in [-0.25, -0.2) is 0 Å². The van der Waals surface area contributed by atoms with Crippen molar-refractivity contribution in [2.75, 3.05) is 5.88 Å². The quantitative estimate of drug-likeness (QED) is 0.771. The Balaban J connectivity index is 2.14. The summed E-state index contributed by atoms with van der Waals surface area (Å²) in [5, 5.41) is 10.1. The molecule has 0 N–H and O–H groups in total. The topological polar surface area (TPSA) is 38.7 Å². The largest absolute Gasteiger partial charge is 0.254 e. The van der Waals surface area contributed by atoms with Crippen LogP contribution in [0.4, 0.5) is 0 Å². The third kappa shape index (κ3) is 2.73. The molecular weight excluding hydrogens is 230 g/mol. The van der Waals surface area contributed by atoms with Crippen molar-refractivity contribution in [1.82, 2.24) is 15.2 Å². The van der Waals surface area contributed by atoms with Gasteiger partial charge in [0.25, 0.3) is 0 Å². The van der Waals surface area contributed by atoms with Gasteiger partial charge in [-0.05, 0) is 18.6 Å². The average molecular weight is 240 g/mol. The second-order valence-electron chi connectivity index (χ2n) is 3.01. The van der Waals surface area contributed by atoms with E-state index in [1.165, 1.54) is 0 Å². The molecule has 15 heavy (non-hydrogen) atoms. The number of pyridine rings is 1. The molecule has 0 bridgehead atoms. The SMILES string of the molecule is ClCCCc1nnc(-c2ccccn2)s1. The molecule has 0 saturated heterocycles. The van der Waals surface area contributed by atoms with E-state index in [4.69, 9.17) is 11.6 Å². The minimum absolute atomic E-state index is 0.665. The zero-order valence-electron chi connectivity index (χ0n) is 8.06. The van der Waals surface area contributed by atoms with Crippen LogP contribution in [0.5, 0.6) is 0 Å². The third-order valence-corrected chi connectivity index (χ3v) is 3.15. The summed E-state index contributed by atoms with van der Waals surface area (Å²) in [6, 6.07) is 5.77. The monoisotopic (exact) mass is 239 g/mol. The molecule has 0 amide bonds. The lowest BCUT2D eigenvalue weighted by atomic mass is 10.4. The molecule has 2 aromatic heterocycles. The Labute approximate surface area is 97.2 Å². The maximum absolute atomic E-state index is 5.62. The predicted octanol–water partition coefficient (Wildman–Crippen LogP) is 2.77. The minimum atomic E-state index is 0.665. The lowest BCUT2D eigenvalue weighted by Gasteiger charge is -1.91. The van der Waals surface area contributed by atoms with Crippen LogP contribution in [-0.2, 0) is 6.42 Å². The van der Waals surface area contributed by atoms with E-state index in [-0.39, 0.29) is 0 Å². The van der Waals surface area contributed by atoms with Gasteiger partial charge >= 0.3 is 0 Å². The molecular formula is C10H10ClN3S. The molecule has 0 aliphatic heterocycles. The van der Waals surface area contributed by atoms with Gasteiger partial charge in [-0.15, -0.1) is 21.8 Å². The van der Waals surface area contributed by atoms with Crippen LogP contribution in [0.3, 0.4) is 0 Å². The molecule has 0 radical (unpaired) electrons. The molecule has 0 saturated carbocycles. The molecule has 3 nitrogen and oxygen atoms in total. The van der Waals surface area contributed by atoms with Crippen molar-refractivity contribution in [2.24, 2.45) is 0 Å². The van der Waals surface area contributed by atoms with Crippen LogP contribution in [0.2, 0.25) is 0 Å². The van der Waals surface area contributed by atoms with Crippen LogP contribution < -0.4 is 0 Å². The van der Waals surface area contributed by atoms with Crippen LogP contribution in [0.15, 0.2) is 24.4 Å². The lowest BCUT2D eigenvalue weighted by Crippen LogP contribution is -1.84. The smallest absolute Gasteiger partial charge is 0.166 e. The first-order valence-electron chi connectivity index (χ1n) is 4.70. The Kier molecular flexibility index (Phi) is 3.64. The predicted molar refractivity (Wildman–Crippen MR) is 62.2 cm³/mol. The van der Waals surface area contributed by atoms with Crippen molar-refractivity contribution in [3.05, 3.63) is 29.4 Å². The molecule has 0 unspecified atom stereocenters. The van der Waals surface area contributed by atoms with Crippen LogP contribution in [0, 0.1) is 0 Å². The number of aryl methyl sites for hydroxylation is 1. The number of halogens is 1. The van der Waals surface area contributed by atoms with Gasteiger partial charge in [-0.2, -0.15) is 0 Å². The molecule has 0 spiro atoms. The maximum Gasteiger partial charge on any atom is 0.166 e. The number of alkyl halides is 1. The molecule has 5 heteroatoms. The number of hydrogen-bond acceptors (Lipinski definition) is 4. The normalized spacial score (nSPS) is 10.5. The molecule has 0 fully saturated rings. The molecule has 2 rings (SSSR count). The summed E-state index contributed by atoms with van der Waals surface area (Å²) in [5.41, 5.74) is 0.882. The fourth-order valence-electron chi connectivity index (χ4n) is 1.17. The summed E-state index contributed by atoms with van der Waals surface area (Å²) in [6.07, 6.45) is 3.60. The average Bonchev–Trinajstić information content (AvgIpc) is 2.76. The van der Waals surface area contributed by atoms with Crippen molar-refractivity contribution in [2.45, 2.75) is 12.8 Å². The lowest BCUT2D eigenvalue weighted by molar-refractivity contribution is 0.883. The number of rotatable bonds is 4. The number of hydrogen-bond donors (Lipinski definition) is 0. The van der Waals surface area contributed by atoms with Gasteiger partial charge in [-0.3, -0.25) is 4.98 Å². The van der Waals surface area contributed by atoms with Gasteiger partial charge in [0.15, 0.2) is 5.01 Å². The van der Waals surface area contributed by atoms with Gasteiger partial charge in [0.05, 0.1) is 0 Å². The van der Waals surface area contributed by atoms with E-state index in [0.717, 1.165) is 28.6 Å². The van der Waals surface area contributed by atoms with Crippen LogP contribution >= 0.6 is 22.9 Å². The first-order valence-corrected chi connectivity index (χ1v) is 6.05. The van der Waals surface area contributed by atoms with Crippen LogP contribution in [-0.4, -0.2) is 21.1 Å². The van der Waals surface area contributed by atoms with E-state index >= 15 is 0 Å². The zero-order valence-corrected chi connectivity index (χ0v) is 9.63. The van der Waals surface area contributed by atoms with E-state index in [2.05, 4.69) is 15.2 Å². The van der Waals surface area contributed by atoms with E-state index in [9.17, 15) is 0 Å². The van der Waals surface area contributed by atoms with E-state index in [0.29, 0.717) is 5.88 Å². The van der Waals surface area contributed by atoms with E-state index < -0.39 is 0 Å². The molecule has 2 heterocycles. The van der Waals surface area contributed by atoms with Gasteiger partial charge in [0.2, 0.25) is 0 Å². The van der Waals surface area contributed by atoms with Gasteiger partial charge in [0, 0.05) is 18.5 Å². The second kappa shape index (κ2) is 5.19. The van der Waals surface area contributed by atoms with E-state index in [1.54, 1.807) is 17.5 Å². The van der Waals surface area contributed by atoms with Gasteiger partial charge in [0.1, 0.15) is 10.7 Å². The van der Waals surface area contributed by atoms with Crippen LogP contribution in [0.1, 0.15) is 11.4 Å². The fourth-order valence-corrected chi connectivity index (χ4v) is 2.16. The first-order chi connectivity index (χ1) is 7.40. The Morgan fingerprint density at radius 2 is 2.20 bits per heavy atom. The fraction of sp³-hybridized carbons (Fsp3) is 0.300. The summed E-state index contributed by atoms with van der Waals surface area (Å²) in [4.78, 5) is 4.22. The zero-order chi connectivity index (χ0) is 10.5. The van der Waals surface area contributed by atoms with Crippen LogP contribution in [0.25, 0.3) is 10.7 Å². The molecule has 0 aromatic carbocycles. The van der Waals surface area contributed by atoms with Crippen molar-refractivity contribution in [3.8, 4) is 10.7 Å². The second-order valence-corrected chi connectivity index (χ2v) is 4.45. The Morgan fingerprint density at radius 3 is 2.93 bits per heavy atom. The molecule has 0 aliphatic carbocycles. The number of nitrogens with zero attached hydrogens (tertiary/aromatic N) is 3. The summed E-state index contributed by atoms with van der Waals surface area (Å²) in [6.45, 7) is 0. The highest BCUT2D eigenvalue weighted by Crippen LogP contribution is 2.21. The highest BCUT2D eigenvalue weighted by atomic mass is 35.5. The Morgan fingerprint density at radius 1 is 1.27 bits per heavy atom. The Hall–Kier alpha value is -1.00. The summed E-state index contributed by atoms with van der Waals surface area (Å²) < 4.78 is 0. The van der Waals surface area contributed by atoms with Crippen molar-refractivity contribution >= 4 is 22.9 Å².